The van der Waals surface area contributed by atoms with Gasteiger partial charge in [-0.2, -0.15) is 0 Å². The molecule has 0 fully saturated rings. The van der Waals surface area contributed by atoms with Gasteiger partial charge in [0.2, 0.25) is 0 Å². The number of fused-ring (bicyclic) bond motifs is 1. The monoisotopic (exact) mass is 250 g/mol. The van der Waals surface area contributed by atoms with Crippen molar-refractivity contribution in [2.75, 3.05) is 0 Å². The van der Waals surface area contributed by atoms with Gasteiger partial charge in [-0.05, 0) is 23.8 Å². The Balaban J connectivity index is 1.87. The minimum absolute atomic E-state index is 0.927. The first-order chi connectivity index (χ1) is 8.93. The van der Waals surface area contributed by atoms with Crippen molar-refractivity contribution in [3.63, 3.8) is 0 Å². The molecule has 3 rings (SSSR count). The first-order valence-electron chi connectivity index (χ1n) is 5.85. The Morgan fingerprint density at radius 2 is 1.94 bits per heavy atom. The van der Waals surface area contributed by atoms with Crippen LogP contribution in [0.25, 0.3) is 10.9 Å². The molecule has 2 aromatic carbocycles. The maximum atomic E-state index is 4.46. The molecular formula is C16H12NS. The summed E-state index contributed by atoms with van der Waals surface area (Å²) in [4.78, 5) is 5.69. The number of para-hydroxylation sites is 1. The highest BCUT2D eigenvalue weighted by Crippen LogP contribution is 2.28. The number of thioether (sulfide) groups is 1. The lowest BCUT2D eigenvalue weighted by atomic mass is 10.2. The molecule has 2 heteroatoms. The van der Waals surface area contributed by atoms with Crippen LogP contribution >= 0.6 is 11.8 Å². The molecule has 0 saturated heterocycles. The normalized spacial score (nSPS) is 10.7. The molecule has 1 heterocycles. The lowest BCUT2D eigenvalue weighted by molar-refractivity contribution is 1.33. The van der Waals surface area contributed by atoms with E-state index in [0.29, 0.717) is 0 Å². The molecule has 0 unspecified atom stereocenters. The first kappa shape index (κ1) is 11.3. The largest absolute Gasteiger partial charge is 0.255 e. The molecule has 0 aliphatic carbocycles. The molecule has 18 heavy (non-hydrogen) atoms. The molecule has 0 N–H and O–H groups in total. The Labute approximate surface area is 111 Å². The fourth-order valence-electron chi connectivity index (χ4n) is 1.87. The summed E-state index contributed by atoms with van der Waals surface area (Å²) in [6, 6.07) is 21.7. The van der Waals surface area contributed by atoms with E-state index in [0.717, 1.165) is 11.3 Å². The van der Waals surface area contributed by atoms with E-state index in [9.17, 15) is 0 Å². The Bertz CT molecular complexity index is 644. The summed E-state index contributed by atoms with van der Waals surface area (Å²) in [5.41, 5.74) is 2.30. The van der Waals surface area contributed by atoms with Gasteiger partial charge in [-0.15, -0.1) is 11.8 Å². The molecular weight excluding hydrogens is 238 g/mol. The van der Waals surface area contributed by atoms with Gasteiger partial charge >= 0.3 is 0 Å². The van der Waals surface area contributed by atoms with Gasteiger partial charge < -0.3 is 0 Å². The molecule has 0 aliphatic heterocycles. The third-order valence-electron chi connectivity index (χ3n) is 2.75. The van der Waals surface area contributed by atoms with E-state index in [4.69, 9.17) is 0 Å². The van der Waals surface area contributed by atoms with E-state index in [-0.39, 0.29) is 0 Å². The van der Waals surface area contributed by atoms with E-state index in [1.807, 2.05) is 42.2 Å². The van der Waals surface area contributed by atoms with Crippen molar-refractivity contribution in [1.82, 2.24) is 4.98 Å². The molecule has 0 bridgehead atoms. The van der Waals surface area contributed by atoms with Crippen molar-refractivity contribution in [1.29, 1.82) is 0 Å². The van der Waals surface area contributed by atoms with Crippen molar-refractivity contribution in [3.05, 3.63) is 72.4 Å². The van der Waals surface area contributed by atoms with E-state index in [1.165, 1.54) is 15.8 Å². The Hall–Kier alpha value is -1.80. The molecule has 0 atom stereocenters. The SMILES string of the molecule is [c]1ccccc1CSc1cccc2cccnc12. The highest BCUT2D eigenvalue weighted by molar-refractivity contribution is 7.98. The third-order valence-corrected chi connectivity index (χ3v) is 3.85. The minimum atomic E-state index is 0.927. The predicted molar refractivity (Wildman–Crippen MR) is 76.6 cm³/mol. The fraction of sp³-hybridized carbons (Fsp3) is 0.0625. The molecule has 1 radical (unpaired) electrons. The number of hydrogen-bond donors (Lipinski definition) is 0. The summed E-state index contributed by atoms with van der Waals surface area (Å²) in [5, 5.41) is 1.19. The quantitative estimate of drug-likeness (QED) is 0.642. The Morgan fingerprint density at radius 1 is 1.00 bits per heavy atom. The van der Waals surface area contributed by atoms with Crippen LogP contribution in [0.15, 0.2) is 65.7 Å². The number of hydrogen-bond acceptors (Lipinski definition) is 2. The molecule has 3 aromatic rings. The van der Waals surface area contributed by atoms with E-state index >= 15 is 0 Å². The van der Waals surface area contributed by atoms with Crippen LogP contribution in [0.3, 0.4) is 0 Å². The Morgan fingerprint density at radius 3 is 2.83 bits per heavy atom. The van der Waals surface area contributed by atoms with Crippen LogP contribution in [-0.2, 0) is 5.75 Å². The summed E-state index contributed by atoms with van der Waals surface area (Å²) in [7, 11) is 0. The molecule has 1 nitrogen and oxygen atoms in total. The van der Waals surface area contributed by atoms with Crippen molar-refractivity contribution < 1.29 is 0 Å². The molecule has 0 aliphatic rings. The zero-order valence-electron chi connectivity index (χ0n) is 9.84. The summed E-state index contributed by atoms with van der Waals surface area (Å²) in [6.07, 6.45) is 1.85. The van der Waals surface area contributed by atoms with Gasteiger partial charge in [-0.25, -0.2) is 0 Å². The van der Waals surface area contributed by atoms with Gasteiger partial charge in [-0.3, -0.25) is 4.98 Å². The average molecular weight is 250 g/mol. The molecule has 0 amide bonds. The fourth-order valence-corrected chi connectivity index (χ4v) is 2.84. The summed E-state index contributed by atoms with van der Waals surface area (Å²) < 4.78 is 0. The lowest BCUT2D eigenvalue weighted by Gasteiger charge is -2.05. The molecule has 1 aromatic heterocycles. The van der Waals surface area contributed by atoms with Crippen LogP contribution in [0.4, 0.5) is 0 Å². The van der Waals surface area contributed by atoms with Crippen molar-refractivity contribution in [3.8, 4) is 0 Å². The van der Waals surface area contributed by atoms with E-state index in [2.05, 4.69) is 41.4 Å². The maximum absolute atomic E-state index is 4.46. The van der Waals surface area contributed by atoms with Crippen LogP contribution in [0.1, 0.15) is 5.56 Å². The number of nitrogens with zero attached hydrogens (tertiary/aromatic N) is 1. The highest BCUT2D eigenvalue weighted by Gasteiger charge is 2.02. The second kappa shape index (κ2) is 5.23. The zero-order chi connectivity index (χ0) is 12.2. The highest BCUT2D eigenvalue weighted by atomic mass is 32.2. The second-order valence-electron chi connectivity index (χ2n) is 4.01. The minimum Gasteiger partial charge on any atom is -0.255 e. The summed E-state index contributed by atoms with van der Waals surface area (Å²) in [6.45, 7) is 0. The van der Waals surface area contributed by atoms with Crippen LogP contribution < -0.4 is 0 Å². The summed E-state index contributed by atoms with van der Waals surface area (Å²) >= 11 is 1.81. The summed E-state index contributed by atoms with van der Waals surface area (Å²) in [5.74, 6) is 0.927. The first-order valence-corrected chi connectivity index (χ1v) is 6.84. The van der Waals surface area contributed by atoms with Gasteiger partial charge in [0.1, 0.15) is 0 Å². The van der Waals surface area contributed by atoms with Crippen molar-refractivity contribution in [2.24, 2.45) is 0 Å². The maximum Gasteiger partial charge on any atom is 0.0837 e. The number of benzene rings is 2. The van der Waals surface area contributed by atoms with Gasteiger partial charge in [0.05, 0.1) is 5.52 Å². The van der Waals surface area contributed by atoms with Gasteiger partial charge in [0.15, 0.2) is 0 Å². The lowest BCUT2D eigenvalue weighted by Crippen LogP contribution is -1.84. The van der Waals surface area contributed by atoms with Gasteiger partial charge in [0.25, 0.3) is 0 Å². The van der Waals surface area contributed by atoms with Crippen LogP contribution in [0, 0.1) is 6.07 Å². The molecule has 0 saturated carbocycles. The van der Waals surface area contributed by atoms with Crippen molar-refractivity contribution in [2.45, 2.75) is 10.6 Å². The topological polar surface area (TPSA) is 12.9 Å². The average Bonchev–Trinajstić information content (AvgIpc) is 2.46. The van der Waals surface area contributed by atoms with E-state index < -0.39 is 0 Å². The molecule has 0 spiro atoms. The second-order valence-corrected chi connectivity index (χ2v) is 5.02. The van der Waals surface area contributed by atoms with Crippen LogP contribution in [0.5, 0.6) is 0 Å². The number of pyridine rings is 1. The predicted octanol–water partition coefficient (Wildman–Crippen LogP) is 4.33. The third kappa shape index (κ3) is 2.39. The van der Waals surface area contributed by atoms with Crippen molar-refractivity contribution >= 4 is 22.7 Å². The van der Waals surface area contributed by atoms with Crippen LogP contribution in [0.2, 0.25) is 0 Å². The van der Waals surface area contributed by atoms with Crippen LogP contribution in [-0.4, -0.2) is 4.98 Å². The van der Waals surface area contributed by atoms with Gasteiger partial charge in [0, 0.05) is 22.2 Å². The standard InChI is InChI=1S/C16H12NS/c1-2-6-13(7-3-1)12-18-15-10-4-8-14-9-5-11-17-16(14)15/h1-6,8-11H,12H2. The number of rotatable bonds is 3. The Kier molecular flexibility index (Phi) is 3.29. The van der Waals surface area contributed by atoms with E-state index in [1.54, 1.807) is 0 Å². The van der Waals surface area contributed by atoms with Gasteiger partial charge in [-0.1, -0.05) is 42.5 Å². The zero-order valence-corrected chi connectivity index (χ0v) is 10.7. The smallest absolute Gasteiger partial charge is 0.0837 e. The number of aromatic nitrogens is 1. The molecule has 87 valence electrons.